The number of carbonyl (C=O) groups is 1. The van der Waals surface area contributed by atoms with E-state index in [9.17, 15) is 9.90 Å². The molecule has 2 aromatic rings. The van der Waals surface area contributed by atoms with Crippen LogP contribution in [-0.4, -0.2) is 51.8 Å². The molecule has 1 aromatic heterocycles. The molecular formula is C21H26ClN5O2S. The van der Waals surface area contributed by atoms with Crippen LogP contribution in [0, 0.1) is 0 Å². The summed E-state index contributed by atoms with van der Waals surface area (Å²) >= 11 is 8.05. The molecule has 2 N–H and O–H groups in total. The van der Waals surface area contributed by atoms with Crippen LogP contribution in [0.2, 0.25) is 5.02 Å². The zero-order valence-corrected chi connectivity index (χ0v) is 18.5. The minimum atomic E-state index is -0.206. The minimum absolute atomic E-state index is 0.130. The van der Waals surface area contributed by atoms with Crippen LogP contribution in [-0.2, 0) is 6.54 Å². The molecule has 7 nitrogen and oxygen atoms in total. The number of benzene rings is 1. The van der Waals surface area contributed by atoms with Gasteiger partial charge in [-0.2, -0.15) is 16.7 Å². The number of fused-ring (bicyclic) bond motifs is 1. The first-order valence-electron chi connectivity index (χ1n) is 10.2. The number of para-hydroxylation sites is 1. The zero-order chi connectivity index (χ0) is 21.1. The smallest absolute Gasteiger partial charge is 0.330 e. The number of nitrogens with one attached hydrogen (secondary N) is 1. The van der Waals surface area contributed by atoms with Crippen LogP contribution < -0.4 is 15.1 Å². The lowest BCUT2D eigenvalue weighted by Gasteiger charge is -2.36. The largest absolute Gasteiger partial charge is 0.393 e. The number of hydrogen-bond donors (Lipinski definition) is 2. The van der Waals surface area contributed by atoms with Gasteiger partial charge in [0, 0.05) is 30.1 Å². The molecule has 0 unspecified atom stereocenters. The second kappa shape index (κ2) is 9.41. The lowest BCUT2D eigenvalue weighted by atomic mass is 9.93. The van der Waals surface area contributed by atoms with Crippen molar-refractivity contribution in [1.82, 2.24) is 9.97 Å². The number of carbonyl (C=O) groups excluding carboxylic acids is 1. The third kappa shape index (κ3) is 4.50. The zero-order valence-electron chi connectivity index (χ0n) is 16.9. The molecule has 160 valence electrons. The van der Waals surface area contributed by atoms with Crippen molar-refractivity contribution in [3.63, 3.8) is 0 Å². The van der Waals surface area contributed by atoms with Gasteiger partial charge in [0.25, 0.3) is 0 Å². The molecule has 2 amide bonds. The van der Waals surface area contributed by atoms with Crippen molar-refractivity contribution in [1.29, 1.82) is 0 Å². The van der Waals surface area contributed by atoms with Crippen LogP contribution in [0.25, 0.3) is 0 Å². The second-order valence-corrected chi connectivity index (χ2v) is 9.05. The van der Waals surface area contributed by atoms with Gasteiger partial charge in [0.1, 0.15) is 5.82 Å². The highest BCUT2D eigenvalue weighted by molar-refractivity contribution is 7.98. The second-order valence-electron chi connectivity index (χ2n) is 7.66. The summed E-state index contributed by atoms with van der Waals surface area (Å²) in [6, 6.07) is 7.48. The van der Waals surface area contributed by atoms with Crippen LogP contribution in [0.1, 0.15) is 31.2 Å². The van der Waals surface area contributed by atoms with E-state index in [0.717, 1.165) is 37.0 Å². The molecule has 0 saturated heterocycles. The van der Waals surface area contributed by atoms with E-state index in [4.69, 9.17) is 16.6 Å². The summed E-state index contributed by atoms with van der Waals surface area (Å²) in [5.74, 6) is 1.99. The lowest BCUT2D eigenvalue weighted by Crippen LogP contribution is -2.49. The van der Waals surface area contributed by atoms with Crippen molar-refractivity contribution in [2.45, 2.75) is 44.4 Å². The molecule has 1 saturated carbocycles. The number of anilines is 3. The highest BCUT2D eigenvalue weighted by Crippen LogP contribution is 2.34. The Morgan fingerprint density at radius 1 is 1.27 bits per heavy atom. The maximum absolute atomic E-state index is 13.4. The van der Waals surface area contributed by atoms with Gasteiger partial charge in [0.15, 0.2) is 0 Å². The number of amides is 2. The molecule has 0 spiro atoms. The molecule has 2 aliphatic rings. The average molecular weight is 448 g/mol. The van der Waals surface area contributed by atoms with E-state index in [2.05, 4.69) is 10.3 Å². The first-order chi connectivity index (χ1) is 14.6. The summed E-state index contributed by atoms with van der Waals surface area (Å²) in [7, 11) is 0. The SMILES string of the molecule is CSCCN1C(=O)N(c2ccccc2Cl)Cc2cnc(NC3CCC(O)CC3)nc21. The molecular weight excluding hydrogens is 422 g/mol. The predicted molar refractivity (Wildman–Crippen MR) is 123 cm³/mol. The van der Waals surface area contributed by atoms with Gasteiger partial charge in [-0.05, 0) is 44.1 Å². The van der Waals surface area contributed by atoms with Crippen molar-refractivity contribution in [3.8, 4) is 0 Å². The van der Waals surface area contributed by atoms with Gasteiger partial charge in [-0.1, -0.05) is 23.7 Å². The standard InChI is InChI=1S/C21H26ClN5O2S/c1-30-11-10-26-19-14(13-27(21(26)29)18-5-3-2-4-17(18)22)12-23-20(25-19)24-15-6-8-16(28)9-7-15/h2-5,12,15-16,28H,6-11,13H2,1H3,(H,23,24,25). The number of halogens is 1. The van der Waals surface area contributed by atoms with Crippen LogP contribution in [0.5, 0.6) is 0 Å². The fourth-order valence-corrected chi connectivity index (χ4v) is 4.54. The molecule has 1 fully saturated rings. The molecule has 0 radical (unpaired) electrons. The molecule has 0 atom stereocenters. The van der Waals surface area contributed by atoms with Gasteiger partial charge >= 0.3 is 6.03 Å². The fraction of sp³-hybridized carbons (Fsp3) is 0.476. The predicted octanol–water partition coefficient (Wildman–Crippen LogP) is 4.16. The molecule has 1 aromatic carbocycles. The molecule has 4 rings (SSSR count). The normalized spacial score (nSPS) is 21.5. The topological polar surface area (TPSA) is 81.6 Å². The highest BCUT2D eigenvalue weighted by Gasteiger charge is 2.34. The number of aliphatic hydroxyl groups is 1. The van der Waals surface area contributed by atoms with Crippen LogP contribution in [0.4, 0.5) is 22.2 Å². The Morgan fingerprint density at radius 2 is 2.03 bits per heavy atom. The number of thioether (sulfide) groups is 1. The summed E-state index contributed by atoms with van der Waals surface area (Å²) in [5, 5.41) is 13.6. The Morgan fingerprint density at radius 3 is 2.77 bits per heavy atom. The lowest BCUT2D eigenvalue weighted by molar-refractivity contribution is 0.126. The van der Waals surface area contributed by atoms with E-state index in [-0.39, 0.29) is 18.2 Å². The monoisotopic (exact) mass is 447 g/mol. The number of rotatable bonds is 6. The number of nitrogens with zero attached hydrogens (tertiary/aromatic N) is 4. The van der Waals surface area contributed by atoms with Gasteiger partial charge in [0.05, 0.1) is 23.4 Å². The summed E-state index contributed by atoms with van der Waals surface area (Å²) in [5.41, 5.74) is 1.58. The molecule has 30 heavy (non-hydrogen) atoms. The van der Waals surface area contributed by atoms with Gasteiger partial charge in [0.2, 0.25) is 5.95 Å². The molecule has 1 aliphatic carbocycles. The Labute approximate surface area is 185 Å². The van der Waals surface area contributed by atoms with Gasteiger partial charge in [-0.25, -0.2) is 9.78 Å². The highest BCUT2D eigenvalue weighted by atomic mass is 35.5. The fourth-order valence-electron chi connectivity index (χ4n) is 3.93. The molecule has 1 aliphatic heterocycles. The number of aromatic nitrogens is 2. The van der Waals surface area contributed by atoms with Gasteiger partial charge < -0.3 is 10.4 Å². The third-order valence-corrected chi connectivity index (χ3v) is 6.49. The Hall–Kier alpha value is -2.03. The Bertz CT molecular complexity index is 907. The van der Waals surface area contributed by atoms with E-state index in [1.807, 2.05) is 24.5 Å². The van der Waals surface area contributed by atoms with E-state index < -0.39 is 0 Å². The van der Waals surface area contributed by atoms with Crippen molar-refractivity contribution >= 4 is 46.8 Å². The van der Waals surface area contributed by atoms with E-state index >= 15 is 0 Å². The molecule has 0 bridgehead atoms. The minimum Gasteiger partial charge on any atom is -0.393 e. The third-order valence-electron chi connectivity index (χ3n) is 5.58. The number of aliphatic hydroxyl groups excluding tert-OH is 1. The maximum Gasteiger partial charge on any atom is 0.330 e. The van der Waals surface area contributed by atoms with E-state index in [0.29, 0.717) is 35.6 Å². The summed E-state index contributed by atoms with van der Waals surface area (Å²) in [6.45, 7) is 0.934. The van der Waals surface area contributed by atoms with Crippen LogP contribution >= 0.6 is 23.4 Å². The maximum atomic E-state index is 13.4. The number of hydrogen-bond acceptors (Lipinski definition) is 6. The Balaban J connectivity index is 1.61. The molecule has 2 heterocycles. The van der Waals surface area contributed by atoms with Crippen molar-refractivity contribution in [2.24, 2.45) is 0 Å². The summed E-state index contributed by atoms with van der Waals surface area (Å²) in [6.07, 6.45) is 6.95. The van der Waals surface area contributed by atoms with E-state index in [1.165, 1.54) is 0 Å². The van der Waals surface area contributed by atoms with Crippen molar-refractivity contribution < 1.29 is 9.90 Å². The van der Waals surface area contributed by atoms with Crippen LogP contribution in [0.15, 0.2) is 30.5 Å². The first kappa shape index (κ1) is 21.2. The van der Waals surface area contributed by atoms with E-state index in [1.54, 1.807) is 33.8 Å². The van der Waals surface area contributed by atoms with Crippen molar-refractivity contribution in [2.75, 3.05) is 33.7 Å². The summed E-state index contributed by atoms with van der Waals surface area (Å²) in [4.78, 5) is 26.0. The Kier molecular flexibility index (Phi) is 6.65. The van der Waals surface area contributed by atoms with Crippen molar-refractivity contribution in [3.05, 3.63) is 41.0 Å². The van der Waals surface area contributed by atoms with Gasteiger partial charge in [-0.15, -0.1) is 0 Å². The molecule has 9 heteroatoms. The summed E-state index contributed by atoms with van der Waals surface area (Å²) < 4.78 is 0. The first-order valence-corrected chi connectivity index (χ1v) is 12.0. The van der Waals surface area contributed by atoms with Gasteiger partial charge in [-0.3, -0.25) is 9.80 Å². The average Bonchev–Trinajstić information content (AvgIpc) is 2.75. The quantitative estimate of drug-likeness (QED) is 0.692. The number of urea groups is 1. The van der Waals surface area contributed by atoms with Crippen LogP contribution in [0.3, 0.4) is 0 Å².